The third kappa shape index (κ3) is 7.22. The van der Waals surface area contributed by atoms with E-state index in [1.54, 1.807) is 0 Å². The summed E-state index contributed by atoms with van der Waals surface area (Å²) in [6, 6.07) is 70.6. The first-order chi connectivity index (χ1) is 23.1. The van der Waals surface area contributed by atoms with Crippen molar-refractivity contribution in [2.45, 2.75) is 20.8 Å². The van der Waals surface area contributed by atoms with Crippen LogP contribution in [-0.4, -0.2) is 6.15 Å². The molecule has 0 aliphatic rings. The van der Waals surface area contributed by atoms with Crippen molar-refractivity contribution in [3.8, 4) is 0 Å². The van der Waals surface area contributed by atoms with E-state index in [0.717, 1.165) is 0 Å². The summed E-state index contributed by atoms with van der Waals surface area (Å²) in [4.78, 5) is 0. The molecule has 0 spiro atoms. The van der Waals surface area contributed by atoms with Crippen LogP contribution in [0.15, 0.2) is 194 Å². The number of benzene rings is 7. The van der Waals surface area contributed by atoms with Gasteiger partial charge in [0.05, 0.1) is 7.92 Å². The molecule has 2 heteroatoms. The van der Waals surface area contributed by atoms with Crippen molar-refractivity contribution in [2.75, 3.05) is 0 Å². The Labute approximate surface area is 282 Å². The second-order valence-corrected chi connectivity index (χ2v) is 15.0. The molecule has 0 aliphatic carbocycles. The minimum absolute atomic E-state index is 0.927. The standard InChI is InChI=1S/C24H20B.C21H21P/c1-5-13-21(14-6-1)25(22-15-7-2-8-16-22,23-17-9-3-10-18-23)24-19-11-4-12-20-24;1-16-4-10-19(11-5-16)22(20-12-6-17(2)7-13-20)21-14-8-18(3)9-15-21/h1-20H;4-15H,1-3H3/q-1;/p+1. The lowest BCUT2D eigenvalue weighted by Crippen LogP contribution is -2.74. The van der Waals surface area contributed by atoms with Crippen molar-refractivity contribution in [3.05, 3.63) is 211 Å². The highest BCUT2D eigenvalue weighted by Gasteiger charge is 2.31. The van der Waals surface area contributed by atoms with E-state index in [0.29, 0.717) is 0 Å². The Hall–Kier alpha value is -4.97. The number of hydrogen-bond donors (Lipinski definition) is 0. The Bertz CT molecular complexity index is 1680. The Morgan fingerprint density at radius 3 is 0.702 bits per heavy atom. The maximum absolute atomic E-state index is 2.29. The SMILES string of the molecule is Cc1ccc([PH+](c2ccc(C)cc2)c2ccc(C)cc2)cc1.c1ccc([B-](c2ccccc2)(c2ccccc2)c2ccccc2)cc1. The van der Waals surface area contributed by atoms with Gasteiger partial charge < -0.3 is 0 Å². The lowest BCUT2D eigenvalue weighted by atomic mass is 9.13. The average Bonchev–Trinajstić information content (AvgIpc) is 3.13. The van der Waals surface area contributed by atoms with Gasteiger partial charge in [0.2, 0.25) is 0 Å². The van der Waals surface area contributed by atoms with Gasteiger partial charge in [-0.3, -0.25) is 0 Å². The van der Waals surface area contributed by atoms with Crippen LogP contribution in [0.4, 0.5) is 0 Å². The average molecular weight is 625 g/mol. The maximum atomic E-state index is 2.29. The summed E-state index contributed by atoms with van der Waals surface area (Å²) in [5, 5.41) is 4.34. The fraction of sp³-hybridized carbons (Fsp3) is 0.0667. The molecule has 0 saturated heterocycles. The van der Waals surface area contributed by atoms with Crippen molar-refractivity contribution in [1.29, 1.82) is 0 Å². The normalized spacial score (nSPS) is 11.1. The first kappa shape index (κ1) is 32.0. The first-order valence-electron chi connectivity index (χ1n) is 16.5. The zero-order valence-corrected chi connectivity index (χ0v) is 28.6. The number of hydrogen-bond acceptors (Lipinski definition) is 0. The molecular weight excluding hydrogens is 582 g/mol. The molecular formula is C45H42BP. The summed E-state index contributed by atoms with van der Waals surface area (Å²) in [7, 11) is -0.927. The summed E-state index contributed by atoms with van der Waals surface area (Å²) in [6.45, 7) is 6.44. The molecule has 7 rings (SSSR count). The van der Waals surface area contributed by atoms with Crippen LogP contribution < -0.4 is 37.8 Å². The second-order valence-electron chi connectivity index (χ2n) is 12.5. The summed E-state index contributed by atoms with van der Waals surface area (Å²) in [5.74, 6) is 0. The molecule has 230 valence electrons. The van der Waals surface area contributed by atoms with Crippen molar-refractivity contribution in [3.63, 3.8) is 0 Å². The fourth-order valence-corrected chi connectivity index (χ4v) is 9.28. The van der Waals surface area contributed by atoms with E-state index in [2.05, 4.69) is 215 Å². The maximum Gasteiger partial charge on any atom is 0.108 e. The summed E-state index contributed by atoms with van der Waals surface area (Å²) in [5.41, 5.74) is 9.31. The molecule has 0 unspecified atom stereocenters. The van der Waals surface area contributed by atoms with Gasteiger partial charge in [0, 0.05) is 0 Å². The van der Waals surface area contributed by atoms with Crippen molar-refractivity contribution in [1.82, 2.24) is 0 Å². The van der Waals surface area contributed by atoms with Gasteiger partial charge in [0.25, 0.3) is 0 Å². The van der Waals surface area contributed by atoms with Crippen LogP contribution in [0.1, 0.15) is 16.7 Å². The van der Waals surface area contributed by atoms with Crippen LogP contribution in [0.25, 0.3) is 0 Å². The lowest BCUT2D eigenvalue weighted by molar-refractivity contribution is 1.48. The zero-order valence-electron chi connectivity index (χ0n) is 27.6. The van der Waals surface area contributed by atoms with E-state index in [4.69, 9.17) is 0 Å². The van der Waals surface area contributed by atoms with Gasteiger partial charge in [0.1, 0.15) is 22.1 Å². The van der Waals surface area contributed by atoms with Crippen LogP contribution in [0, 0.1) is 20.8 Å². The smallest absolute Gasteiger partial charge is 0.108 e. The fourth-order valence-electron chi connectivity index (χ4n) is 6.78. The molecule has 7 aromatic rings. The van der Waals surface area contributed by atoms with Gasteiger partial charge in [-0.2, -0.15) is 21.9 Å². The topological polar surface area (TPSA) is 0 Å². The van der Waals surface area contributed by atoms with E-state index < -0.39 is 14.1 Å². The summed E-state index contributed by atoms with van der Waals surface area (Å²) >= 11 is 0. The van der Waals surface area contributed by atoms with Crippen molar-refractivity contribution >= 4 is 51.8 Å². The monoisotopic (exact) mass is 624 g/mol. The minimum Gasteiger partial charge on any atom is -0.195 e. The van der Waals surface area contributed by atoms with Crippen LogP contribution in [0.3, 0.4) is 0 Å². The van der Waals surface area contributed by atoms with E-state index in [1.165, 1.54) is 54.5 Å². The quantitative estimate of drug-likeness (QED) is 0.130. The molecule has 0 heterocycles. The Balaban J connectivity index is 0.000000166. The van der Waals surface area contributed by atoms with Gasteiger partial charge in [-0.1, -0.05) is 174 Å². The van der Waals surface area contributed by atoms with Gasteiger partial charge >= 0.3 is 0 Å². The Kier molecular flexibility index (Phi) is 10.3. The summed E-state index contributed by atoms with van der Waals surface area (Å²) in [6.07, 6.45) is -1.22. The first-order valence-corrected chi connectivity index (χ1v) is 18.0. The highest BCUT2D eigenvalue weighted by atomic mass is 31.1. The number of aryl methyl sites for hydroxylation is 3. The van der Waals surface area contributed by atoms with Crippen LogP contribution in [0.2, 0.25) is 0 Å². The largest absolute Gasteiger partial charge is 0.195 e. The molecule has 0 aliphatic heterocycles. The molecule has 0 amide bonds. The van der Waals surface area contributed by atoms with Crippen molar-refractivity contribution in [2.24, 2.45) is 0 Å². The van der Waals surface area contributed by atoms with Gasteiger partial charge in [0.15, 0.2) is 0 Å². The lowest BCUT2D eigenvalue weighted by Gasteiger charge is -2.44. The predicted molar refractivity (Wildman–Crippen MR) is 211 cm³/mol. The highest BCUT2D eigenvalue weighted by Crippen LogP contribution is 2.33. The van der Waals surface area contributed by atoms with E-state index in [9.17, 15) is 0 Å². The molecule has 0 aromatic heterocycles. The predicted octanol–water partition coefficient (Wildman–Crippen LogP) is 7.17. The zero-order chi connectivity index (χ0) is 32.5. The minimum atomic E-state index is -1.22. The number of rotatable bonds is 7. The second kappa shape index (κ2) is 15.1. The third-order valence-electron chi connectivity index (χ3n) is 9.22. The molecule has 0 bridgehead atoms. The Morgan fingerprint density at radius 2 is 0.489 bits per heavy atom. The van der Waals surface area contributed by atoms with E-state index in [-0.39, 0.29) is 0 Å². The molecule has 7 aromatic carbocycles. The van der Waals surface area contributed by atoms with Crippen molar-refractivity contribution < 1.29 is 0 Å². The van der Waals surface area contributed by atoms with Crippen LogP contribution >= 0.6 is 7.92 Å². The third-order valence-corrected chi connectivity index (χ3v) is 12.0. The summed E-state index contributed by atoms with van der Waals surface area (Å²) < 4.78 is 0. The van der Waals surface area contributed by atoms with Gasteiger partial charge in [-0.05, 0) is 57.2 Å². The van der Waals surface area contributed by atoms with Gasteiger partial charge in [-0.25, -0.2) is 0 Å². The molecule has 0 atom stereocenters. The van der Waals surface area contributed by atoms with E-state index in [1.807, 2.05) is 0 Å². The molecule has 0 N–H and O–H groups in total. The highest BCUT2D eigenvalue weighted by molar-refractivity contribution is 7.79. The molecule has 0 saturated carbocycles. The molecule has 0 nitrogen and oxygen atoms in total. The molecule has 0 fully saturated rings. The Morgan fingerprint density at radius 1 is 0.277 bits per heavy atom. The van der Waals surface area contributed by atoms with E-state index >= 15 is 0 Å². The molecule has 47 heavy (non-hydrogen) atoms. The van der Waals surface area contributed by atoms with Gasteiger partial charge in [-0.15, -0.1) is 0 Å². The van der Waals surface area contributed by atoms with Crippen LogP contribution in [0.5, 0.6) is 0 Å². The molecule has 0 radical (unpaired) electrons. The van der Waals surface area contributed by atoms with Crippen LogP contribution in [-0.2, 0) is 0 Å².